The molecule has 112 valence electrons. The van der Waals surface area contributed by atoms with Crippen LogP contribution in [0.5, 0.6) is 0 Å². The summed E-state index contributed by atoms with van der Waals surface area (Å²) in [5.41, 5.74) is 0.894. The highest BCUT2D eigenvalue weighted by atomic mass is 35.5. The molecule has 2 nitrogen and oxygen atoms in total. The van der Waals surface area contributed by atoms with Crippen molar-refractivity contribution in [3.8, 4) is 0 Å². The van der Waals surface area contributed by atoms with E-state index >= 15 is 0 Å². The summed E-state index contributed by atoms with van der Waals surface area (Å²) in [6, 6.07) is 9.72. The molecule has 3 aliphatic carbocycles. The summed E-state index contributed by atoms with van der Waals surface area (Å²) in [6.45, 7) is 0. The lowest BCUT2D eigenvalue weighted by Crippen LogP contribution is -2.15. The Labute approximate surface area is 135 Å². The molecule has 0 aliphatic heterocycles. The molecule has 4 heteroatoms. The molecule has 1 aromatic rings. The van der Waals surface area contributed by atoms with E-state index in [0.717, 1.165) is 31.4 Å². The van der Waals surface area contributed by atoms with Gasteiger partial charge in [0.2, 0.25) is 5.91 Å². The second-order valence-electron chi connectivity index (χ2n) is 6.75. The van der Waals surface area contributed by atoms with Crippen molar-refractivity contribution in [1.82, 2.24) is 0 Å². The zero-order valence-electron chi connectivity index (χ0n) is 11.8. The van der Waals surface area contributed by atoms with Gasteiger partial charge >= 0.3 is 0 Å². The van der Waals surface area contributed by atoms with Gasteiger partial charge in [-0.2, -0.15) is 0 Å². The van der Waals surface area contributed by atoms with Crippen molar-refractivity contribution in [2.45, 2.75) is 30.0 Å². The number of hydrogen-bond donors (Lipinski definition) is 1. The van der Waals surface area contributed by atoms with E-state index in [9.17, 15) is 4.79 Å². The minimum atomic E-state index is -0.474. The molecule has 1 aromatic carbocycles. The lowest BCUT2D eigenvalue weighted by atomic mass is 10.0. The summed E-state index contributed by atoms with van der Waals surface area (Å²) in [4.78, 5) is 12.4. The second-order valence-corrected chi connectivity index (χ2v) is 8.20. The quantitative estimate of drug-likeness (QED) is 0.799. The molecule has 21 heavy (non-hydrogen) atoms. The van der Waals surface area contributed by atoms with Crippen LogP contribution in [-0.2, 0) is 4.79 Å². The molecule has 1 N–H and O–H groups in total. The van der Waals surface area contributed by atoms with Crippen molar-refractivity contribution in [1.29, 1.82) is 0 Å². The van der Waals surface area contributed by atoms with Gasteiger partial charge < -0.3 is 5.32 Å². The van der Waals surface area contributed by atoms with Gasteiger partial charge in [0.25, 0.3) is 0 Å². The maximum Gasteiger partial charge on any atom is 0.228 e. The van der Waals surface area contributed by atoms with Gasteiger partial charge in [0.15, 0.2) is 0 Å². The van der Waals surface area contributed by atoms with Crippen LogP contribution < -0.4 is 5.32 Å². The first-order valence-corrected chi connectivity index (χ1v) is 8.58. The fourth-order valence-corrected chi connectivity index (χ4v) is 5.28. The molecule has 3 aliphatic rings. The number of amides is 1. The van der Waals surface area contributed by atoms with Gasteiger partial charge in [-0.05, 0) is 61.5 Å². The van der Waals surface area contributed by atoms with Crippen LogP contribution in [0.2, 0.25) is 0 Å². The van der Waals surface area contributed by atoms with E-state index in [0.29, 0.717) is 23.7 Å². The number of carbonyl (C=O) groups excluding carboxylic acids is 1. The molecule has 3 saturated carbocycles. The molecule has 1 amide bonds. The van der Waals surface area contributed by atoms with Gasteiger partial charge in [-0.3, -0.25) is 4.79 Å². The Balaban J connectivity index is 1.38. The van der Waals surface area contributed by atoms with Gasteiger partial charge in [0.05, 0.1) is 0 Å². The highest BCUT2D eigenvalue weighted by Gasteiger charge is 2.65. The van der Waals surface area contributed by atoms with Crippen LogP contribution in [0.1, 0.15) is 25.7 Å². The van der Waals surface area contributed by atoms with Gasteiger partial charge in [0.1, 0.15) is 4.33 Å². The third-order valence-electron chi connectivity index (χ3n) is 5.66. The van der Waals surface area contributed by atoms with Crippen LogP contribution in [0.25, 0.3) is 0 Å². The highest BCUT2D eigenvalue weighted by Crippen LogP contribution is 2.67. The Morgan fingerprint density at radius 3 is 2.14 bits per heavy atom. The number of fused-ring (bicyclic) bond motifs is 2. The van der Waals surface area contributed by atoms with Gasteiger partial charge in [-0.25, -0.2) is 0 Å². The Hall–Kier alpha value is -0.730. The minimum Gasteiger partial charge on any atom is -0.326 e. The maximum atomic E-state index is 12.4. The van der Waals surface area contributed by atoms with E-state index in [-0.39, 0.29) is 11.8 Å². The van der Waals surface area contributed by atoms with Crippen molar-refractivity contribution in [2.24, 2.45) is 29.6 Å². The first-order chi connectivity index (χ1) is 10.1. The van der Waals surface area contributed by atoms with Crippen molar-refractivity contribution < 1.29 is 4.79 Å². The molecular formula is C17H19Cl2NO. The molecule has 3 fully saturated rings. The summed E-state index contributed by atoms with van der Waals surface area (Å²) in [5.74, 6) is 2.39. The van der Waals surface area contributed by atoms with Crippen molar-refractivity contribution in [2.75, 3.05) is 5.32 Å². The van der Waals surface area contributed by atoms with Crippen LogP contribution in [0, 0.1) is 29.6 Å². The van der Waals surface area contributed by atoms with E-state index in [1.807, 2.05) is 30.3 Å². The summed E-state index contributed by atoms with van der Waals surface area (Å²) < 4.78 is -0.474. The monoisotopic (exact) mass is 323 g/mol. The SMILES string of the molecule is O=C(Nc1ccccc1)C1[C@H]2CC[C@@H]3[C@@H](CC[C@@H]12)C3(Cl)Cl. The molecular weight excluding hydrogens is 305 g/mol. The number of alkyl halides is 2. The van der Waals surface area contributed by atoms with Crippen LogP contribution >= 0.6 is 23.2 Å². The predicted molar refractivity (Wildman–Crippen MR) is 85.4 cm³/mol. The van der Waals surface area contributed by atoms with Gasteiger partial charge in [-0.1, -0.05) is 18.2 Å². The Bertz CT molecular complexity index is 537. The maximum absolute atomic E-state index is 12.4. The van der Waals surface area contributed by atoms with Crippen LogP contribution in [0.4, 0.5) is 5.69 Å². The summed E-state index contributed by atoms with van der Waals surface area (Å²) in [5, 5.41) is 3.05. The number of para-hydroxylation sites is 1. The average molecular weight is 324 g/mol. The minimum absolute atomic E-state index is 0.190. The number of hydrogen-bond acceptors (Lipinski definition) is 1. The van der Waals surface area contributed by atoms with Crippen LogP contribution in [-0.4, -0.2) is 10.2 Å². The number of rotatable bonds is 2. The van der Waals surface area contributed by atoms with Crippen molar-refractivity contribution in [3.05, 3.63) is 30.3 Å². The van der Waals surface area contributed by atoms with Crippen LogP contribution in [0.3, 0.4) is 0 Å². The molecule has 5 atom stereocenters. The van der Waals surface area contributed by atoms with E-state index in [1.54, 1.807) is 0 Å². The Morgan fingerprint density at radius 1 is 1.00 bits per heavy atom. The number of carbonyl (C=O) groups is 1. The zero-order valence-corrected chi connectivity index (χ0v) is 13.3. The average Bonchev–Trinajstić information content (AvgIpc) is 3.24. The summed E-state index contributed by atoms with van der Waals surface area (Å²) in [7, 11) is 0. The number of nitrogens with one attached hydrogen (secondary N) is 1. The van der Waals surface area contributed by atoms with Crippen molar-refractivity contribution >= 4 is 34.8 Å². The van der Waals surface area contributed by atoms with Crippen LogP contribution in [0.15, 0.2) is 30.3 Å². The lowest BCUT2D eigenvalue weighted by molar-refractivity contribution is -0.117. The number of benzene rings is 1. The first kappa shape index (κ1) is 13.9. The molecule has 0 heterocycles. The number of anilines is 1. The first-order valence-electron chi connectivity index (χ1n) is 7.83. The smallest absolute Gasteiger partial charge is 0.228 e. The largest absolute Gasteiger partial charge is 0.326 e. The van der Waals surface area contributed by atoms with Gasteiger partial charge in [0, 0.05) is 11.6 Å². The second kappa shape index (κ2) is 4.89. The third kappa shape index (κ3) is 2.37. The summed E-state index contributed by atoms with van der Waals surface area (Å²) >= 11 is 12.6. The molecule has 0 bridgehead atoms. The van der Waals surface area contributed by atoms with Crippen molar-refractivity contribution in [3.63, 3.8) is 0 Å². The molecule has 0 aromatic heterocycles. The van der Waals surface area contributed by atoms with E-state index in [1.165, 1.54) is 0 Å². The lowest BCUT2D eigenvalue weighted by Gasteiger charge is -2.04. The Morgan fingerprint density at radius 2 is 1.57 bits per heavy atom. The molecule has 0 spiro atoms. The molecule has 4 rings (SSSR count). The predicted octanol–water partition coefficient (Wildman–Crippen LogP) is 4.48. The summed E-state index contributed by atoms with van der Waals surface area (Å²) in [6.07, 6.45) is 4.35. The van der Waals surface area contributed by atoms with Gasteiger partial charge in [-0.15, -0.1) is 23.2 Å². The number of halogens is 2. The fraction of sp³-hybridized carbons (Fsp3) is 0.588. The molecule has 0 radical (unpaired) electrons. The third-order valence-corrected chi connectivity index (χ3v) is 6.78. The Kier molecular flexibility index (Phi) is 3.24. The zero-order chi connectivity index (χ0) is 14.6. The normalized spacial score (nSPS) is 39.2. The standard InChI is InChI=1S/C17H19Cl2NO/c18-17(19)13-8-6-11-12(7-9-14(13)17)15(11)16(21)20-10-4-2-1-3-5-10/h1-5,11-15H,6-9H2,(H,20,21)/t11-,12+,13-,14-,15?/m1/s1. The highest BCUT2D eigenvalue weighted by molar-refractivity contribution is 6.51. The van der Waals surface area contributed by atoms with E-state index in [4.69, 9.17) is 23.2 Å². The topological polar surface area (TPSA) is 29.1 Å². The fourth-order valence-electron chi connectivity index (χ4n) is 4.36. The molecule has 1 unspecified atom stereocenters. The van der Waals surface area contributed by atoms with E-state index in [2.05, 4.69) is 5.32 Å². The molecule has 0 saturated heterocycles. The van der Waals surface area contributed by atoms with E-state index < -0.39 is 4.33 Å².